The highest BCUT2D eigenvalue weighted by molar-refractivity contribution is 9.10. The number of halogens is 2. The van der Waals surface area contributed by atoms with Gasteiger partial charge in [0.15, 0.2) is 0 Å². The number of amides is 1. The third kappa shape index (κ3) is 5.46. The molecular formula is C23H20Br2N2O5. The first kappa shape index (κ1) is 23.7. The SMILES string of the molecule is COc1ccc(Br)c(C(=O)N[C@@H](Cc2ccc(-c3cc(Br)cn(C)c3=O)cc2)C(=O)O)c1. The molecular weight excluding hydrogens is 544 g/mol. The normalized spacial score (nSPS) is 11.6. The van der Waals surface area contributed by atoms with E-state index < -0.39 is 17.9 Å². The van der Waals surface area contributed by atoms with E-state index in [2.05, 4.69) is 37.2 Å². The molecule has 1 heterocycles. The van der Waals surface area contributed by atoms with Crippen LogP contribution < -0.4 is 15.6 Å². The van der Waals surface area contributed by atoms with Crippen molar-refractivity contribution in [1.29, 1.82) is 0 Å². The van der Waals surface area contributed by atoms with Crippen LogP contribution in [0.15, 0.2) is 68.5 Å². The second kappa shape index (κ2) is 10.1. The molecule has 0 unspecified atom stereocenters. The Morgan fingerprint density at radius 1 is 1.12 bits per heavy atom. The van der Waals surface area contributed by atoms with E-state index in [4.69, 9.17) is 4.74 Å². The topological polar surface area (TPSA) is 97.6 Å². The van der Waals surface area contributed by atoms with Gasteiger partial charge in [0.25, 0.3) is 11.5 Å². The molecule has 0 radical (unpaired) electrons. The van der Waals surface area contributed by atoms with Crippen LogP contribution in [0.3, 0.4) is 0 Å². The van der Waals surface area contributed by atoms with E-state index in [1.54, 1.807) is 55.7 Å². The van der Waals surface area contributed by atoms with Crippen molar-refractivity contribution in [2.75, 3.05) is 7.11 Å². The standard InChI is InChI=1S/C23H20Br2N2O5/c1-27-12-15(24)10-17(22(27)29)14-5-3-13(4-6-14)9-20(23(30)31)26-21(28)18-11-16(32-2)7-8-19(18)25/h3-8,10-12,20H,9H2,1-2H3,(H,26,28)(H,30,31)/t20-/m0/s1. The predicted octanol–water partition coefficient (Wildman–Crippen LogP) is 4.01. The van der Waals surface area contributed by atoms with Crippen molar-refractivity contribution in [3.8, 4) is 16.9 Å². The number of ether oxygens (including phenoxy) is 1. The fourth-order valence-corrected chi connectivity index (χ4v) is 4.14. The summed E-state index contributed by atoms with van der Waals surface area (Å²) in [6.07, 6.45) is 1.76. The highest BCUT2D eigenvalue weighted by Gasteiger charge is 2.23. The molecule has 2 N–H and O–H groups in total. The predicted molar refractivity (Wildman–Crippen MR) is 128 cm³/mol. The van der Waals surface area contributed by atoms with Crippen molar-refractivity contribution in [3.63, 3.8) is 0 Å². The Morgan fingerprint density at radius 3 is 2.44 bits per heavy atom. The maximum atomic E-state index is 12.7. The van der Waals surface area contributed by atoms with Crippen molar-refractivity contribution < 1.29 is 19.4 Å². The van der Waals surface area contributed by atoms with Crippen molar-refractivity contribution in [2.45, 2.75) is 12.5 Å². The number of aryl methyl sites for hydroxylation is 1. The van der Waals surface area contributed by atoms with Gasteiger partial charge in [-0.05, 0) is 67.3 Å². The summed E-state index contributed by atoms with van der Waals surface area (Å²) < 4.78 is 7.92. The number of carboxylic acid groups (broad SMARTS) is 1. The van der Waals surface area contributed by atoms with Gasteiger partial charge in [-0.3, -0.25) is 9.59 Å². The Hall–Kier alpha value is -2.91. The number of nitrogens with one attached hydrogen (secondary N) is 1. The number of methoxy groups -OCH3 is 1. The first-order valence-corrected chi connectivity index (χ1v) is 11.1. The monoisotopic (exact) mass is 562 g/mol. The van der Waals surface area contributed by atoms with E-state index >= 15 is 0 Å². The van der Waals surface area contributed by atoms with Crippen LogP contribution in [0.1, 0.15) is 15.9 Å². The summed E-state index contributed by atoms with van der Waals surface area (Å²) in [5.41, 5.74) is 2.08. The number of pyridine rings is 1. The molecule has 0 spiro atoms. The third-order valence-corrected chi connectivity index (χ3v) is 6.00. The van der Waals surface area contributed by atoms with Gasteiger partial charge in [0, 0.05) is 34.2 Å². The number of carboxylic acids is 1. The molecule has 32 heavy (non-hydrogen) atoms. The molecule has 1 aromatic heterocycles. The van der Waals surface area contributed by atoms with Gasteiger partial charge in [-0.1, -0.05) is 24.3 Å². The zero-order valence-corrected chi connectivity index (χ0v) is 20.4. The Kier molecular flexibility index (Phi) is 7.52. The average Bonchev–Trinajstić information content (AvgIpc) is 2.76. The summed E-state index contributed by atoms with van der Waals surface area (Å²) in [6, 6.07) is 12.5. The number of carbonyl (C=O) groups excluding carboxylic acids is 1. The Labute approximate surface area is 201 Å². The van der Waals surface area contributed by atoms with Crippen LogP contribution in [0, 0.1) is 0 Å². The second-order valence-electron chi connectivity index (χ2n) is 7.10. The van der Waals surface area contributed by atoms with E-state index in [1.165, 1.54) is 17.7 Å². The summed E-state index contributed by atoms with van der Waals surface area (Å²) >= 11 is 6.69. The minimum Gasteiger partial charge on any atom is -0.497 e. The lowest BCUT2D eigenvalue weighted by Gasteiger charge is -2.16. The first-order chi connectivity index (χ1) is 15.2. The number of carbonyl (C=O) groups is 2. The lowest BCUT2D eigenvalue weighted by molar-refractivity contribution is -0.139. The fraction of sp³-hybridized carbons (Fsp3) is 0.174. The Morgan fingerprint density at radius 2 is 1.81 bits per heavy atom. The van der Waals surface area contributed by atoms with Crippen LogP contribution in [0.5, 0.6) is 5.75 Å². The van der Waals surface area contributed by atoms with Crippen LogP contribution in [-0.2, 0) is 18.3 Å². The number of aliphatic carboxylic acids is 1. The molecule has 0 aliphatic rings. The molecule has 1 atom stereocenters. The van der Waals surface area contributed by atoms with Gasteiger partial charge in [-0.25, -0.2) is 4.79 Å². The average molecular weight is 564 g/mol. The third-order valence-electron chi connectivity index (χ3n) is 4.88. The highest BCUT2D eigenvalue weighted by atomic mass is 79.9. The lowest BCUT2D eigenvalue weighted by atomic mass is 10.0. The molecule has 3 aromatic rings. The molecule has 1 amide bonds. The van der Waals surface area contributed by atoms with Gasteiger partial charge in [0.05, 0.1) is 12.7 Å². The molecule has 7 nitrogen and oxygen atoms in total. The second-order valence-corrected chi connectivity index (χ2v) is 8.87. The van der Waals surface area contributed by atoms with Crippen molar-refractivity contribution in [3.05, 3.63) is 85.2 Å². The molecule has 0 aliphatic heterocycles. The minimum absolute atomic E-state index is 0.0828. The largest absolute Gasteiger partial charge is 0.497 e. The van der Waals surface area contributed by atoms with Gasteiger partial charge >= 0.3 is 5.97 Å². The van der Waals surface area contributed by atoms with Crippen LogP contribution in [0.2, 0.25) is 0 Å². The highest BCUT2D eigenvalue weighted by Crippen LogP contribution is 2.23. The summed E-state index contributed by atoms with van der Waals surface area (Å²) in [5.74, 6) is -1.20. The molecule has 0 bridgehead atoms. The van der Waals surface area contributed by atoms with Crippen molar-refractivity contribution in [1.82, 2.24) is 9.88 Å². The van der Waals surface area contributed by atoms with E-state index in [1.807, 2.05) is 0 Å². The smallest absolute Gasteiger partial charge is 0.326 e. The van der Waals surface area contributed by atoms with Crippen LogP contribution in [0.4, 0.5) is 0 Å². The van der Waals surface area contributed by atoms with Crippen LogP contribution >= 0.6 is 31.9 Å². The number of hydrogen-bond acceptors (Lipinski definition) is 4. The Balaban J connectivity index is 1.79. The van der Waals surface area contributed by atoms with E-state index in [0.717, 1.165) is 4.47 Å². The van der Waals surface area contributed by atoms with Gasteiger partial charge in [0.2, 0.25) is 0 Å². The molecule has 0 aliphatic carbocycles. The summed E-state index contributed by atoms with van der Waals surface area (Å²) in [7, 11) is 3.16. The maximum Gasteiger partial charge on any atom is 0.326 e. The van der Waals surface area contributed by atoms with Crippen molar-refractivity contribution in [2.24, 2.45) is 7.05 Å². The first-order valence-electron chi connectivity index (χ1n) is 9.52. The molecule has 3 rings (SSSR count). The number of rotatable bonds is 7. The number of nitrogens with zero attached hydrogens (tertiary/aromatic N) is 1. The maximum absolute atomic E-state index is 12.7. The quantitative estimate of drug-likeness (QED) is 0.452. The summed E-state index contributed by atoms with van der Waals surface area (Å²) in [4.78, 5) is 36.9. The molecule has 0 saturated heterocycles. The van der Waals surface area contributed by atoms with E-state index in [-0.39, 0.29) is 17.5 Å². The zero-order valence-electron chi connectivity index (χ0n) is 17.3. The van der Waals surface area contributed by atoms with Crippen molar-refractivity contribution >= 4 is 43.7 Å². The van der Waals surface area contributed by atoms with Crippen LogP contribution in [-0.4, -0.2) is 34.7 Å². The van der Waals surface area contributed by atoms with Gasteiger partial charge in [-0.15, -0.1) is 0 Å². The molecule has 166 valence electrons. The van der Waals surface area contributed by atoms with Gasteiger partial charge in [-0.2, -0.15) is 0 Å². The lowest BCUT2D eigenvalue weighted by Crippen LogP contribution is -2.42. The number of aromatic nitrogens is 1. The van der Waals surface area contributed by atoms with Crippen LogP contribution in [0.25, 0.3) is 11.1 Å². The van der Waals surface area contributed by atoms with E-state index in [9.17, 15) is 19.5 Å². The number of benzene rings is 2. The zero-order chi connectivity index (χ0) is 23.4. The Bertz CT molecular complexity index is 1220. The molecule has 9 heteroatoms. The summed E-state index contributed by atoms with van der Waals surface area (Å²) in [5, 5.41) is 12.2. The summed E-state index contributed by atoms with van der Waals surface area (Å²) in [6.45, 7) is 0. The minimum atomic E-state index is -1.15. The fourth-order valence-electron chi connectivity index (χ4n) is 3.17. The molecule has 2 aromatic carbocycles. The van der Waals surface area contributed by atoms with Gasteiger partial charge < -0.3 is 19.7 Å². The number of hydrogen-bond donors (Lipinski definition) is 2. The molecule has 0 fully saturated rings. The van der Waals surface area contributed by atoms with E-state index in [0.29, 0.717) is 26.9 Å². The van der Waals surface area contributed by atoms with Gasteiger partial charge in [0.1, 0.15) is 11.8 Å². The molecule has 0 saturated carbocycles.